The molecule has 1 atom stereocenters. The van der Waals surface area contributed by atoms with Gasteiger partial charge in [-0.25, -0.2) is 0 Å². The van der Waals surface area contributed by atoms with Crippen LogP contribution in [0.1, 0.15) is 40.2 Å². The summed E-state index contributed by atoms with van der Waals surface area (Å²) >= 11 is 0. The zero-order valence-corrected chi connectivity index (χ0v) is 15.4. The van der Waals surface area contributed by atoms with Gasteiger partial charge in [-0.1, -0.05) is 18.2 Å². The normalized spacial score (nSPS) is 16.8. The van der Waals surface area contributed by atoms with E-state index >= 15 is 0 Å². The van der Waals surface area contributed by atoms with Gasteiger partial charge in [-0.15, -0.1) is 0 Å². The zero-order valence-electron chi connectivity index (χ0n) is 15.4. The minimum atomic E-state index is -0.0758. The Bertz CT molecular complexity index is 737. The third-order valence-electron chi connectivity index (χ3n) is 4.84. The quantitative estimate of drug-likeness (QED) is 0.837. The summed E-state index contributed by atoms with van der Waals surface area (Å²) in [5.41, 5.74) is 2.94. The monoisotopic (exact) mass is 354 g/mol. The highest BCUT2D eigenvalue weighted by Crippen LogP contribution is 2.27. The van der Waals surface area contributed by atoms with Crippen LogP contribution in [0, 0.1) is 0 Å². The summed E-state index contributed by atoms with van der Waals surface area (Å²) in [5, 5.41) is 6.38. The summed E-state index contributed by atoms with van der Waals surface area (Å²) in [5.74, 6) is 1.81. The highest BCUT2D eigenvalue weighted by molar-refractivity contribution is 5.94. The Kier molecular flexibility index (Phi) is 6.12. The molecule has 1 saturated heterocycles. The third kappa shape index (κ3) is 4.35. The van der Waals surface area contributed by atoms with Crippen molar-refractivity contribution in [2.24, 2.45) is 0 Å². The molecule has 1 heterocycles. The van der Waals surface area contributed by atoms with Crippen LogP contribution in [0.25, 0.3) is 0 Å². The lowest BCUT2D eigenvalue weighted by Crippen LogP contribution is -2.28. The maximum atomic E-state index is 12.4. The first-order valence-corrected chi connectivity index (χ1v) is 9.01. The predicted octanol–water partition coefficient (Wildman–Crippen LogP) is 3.10. The van der Waals surface area contributed by atoms with E-state index in [1.165, 1.54) is 18.4 Å². The molecule has 1 aliphatic heterocycles. The van der Waals surface area contributed by atoms with Crippen molar-refractivity contribution in [2.75, 3.05) is 27.3 Å². The number of carbonyl (C=O) groups is 1. The van der Waals surface area contributed by atoms with Gasteiger partial charge in [0.25, 0.3) is 5.91 Å². The molecule has 1 amide bonds. The van der Waals surface area contributed by atoms with E-state index in [9.17, 15) is 4.79 Å². The summed E-state index contributed by atoms with van der Waals surface area (Å²) < 4.78 is 10.5. The van der Waals surface area contributed by atoms with Gasteiger partial charge in [0.15, 0.2) is 11.5 Å². The Morgan fingerprint density at radius 3 is 2.54 bits per heavy atom. The summed E-state index contributed by atoms with van der Waals surface area (Å²) in [6, 6.07) is 13.6. The average Bonchev–Trinajstić information content (AvgIpc) is 2.72. The van der Waals surface area contributed by atoms with Gasteiger partial charge in [0.2, 0.25) is 0 Å². The Balaban J connectivity index is 1.59. The van der Waals surface area contributed by atoms with Crippen LogP contribution in [-0.2, 0) is 6.54 Å². The summed E-state index contributed by atoms with van der Waals surface area (Å²) in [6.45, 7) is 2.56. The molecule has 0 aromatic heterocycles. The second-order valence-corrected chi connectivity index (χ2v) is 6.54. The van der Waals surface area contributed by atoms with Crippen molar-refractivity contribution in [1.82, 2.24) is 10.6 Å². The van der Waals surface area contributed by atoms with E-state index in [2.05, 4.69) is 22.8 Å². The van der Waals surface area contributed by atoms with Gasteiger partial charge in [0, 0.05) is 18.7 Å². The fourth-order valence-electron chi connectivity index (χ4n) is 3.32. The van der Waals surface area contributed by atoms with Crippen molar-refractivity contribution < 1.29 is 14.3 Å². The van der Waals surface area contributed by atoms with E-state index in [1.54, 1.807) is 14.2 Å². The van der Waals surface area contributed by atoms with Crippen LogP contribution >= 0.6 is 0 Å². The zero-order chi connectivity index (χ0) is 18.4. The molecule has 3 rings (SSSR count). The molecule has 0 bridgehead atoms. The second-order valence-electron chi connectivity index (χ2n) is 6.54. The first kappa shape index (κ1) is 18.3. The minimum absolute atomic E-state index is 0.0758. The van der Waals surface area contributed by atoms with Crippen LogP contribution in [-0.4, -0.2) is 33.2 Å². The van der Waals surface area contributed by atoms with E-state index in [4.69, 9.17) is 9.47 Å². The molecule has 1 aliphatic rings. The van der Waals surface area contributed by atoms with Crippen LogP contribution in [0.3, 0.4) is 0 Å². The fraction of sp³-hybridized carbons (Fsp3) is 0.381. The van der Waals surface area contributed by atoms with E-state index in [0.717, 1.165) is 18.7 Å². The van der Waals surface area contributed by atoms with Crippen molar-refractivity contribution >= 4 is 5.91 Å². The summed E-state index contributed by atoms with van der Waals surface area (Å²) in [6.07, 6.45) is 2.41. The van der Waals surface area contributed by atoms with E-state index in [0.29, 0.717) is 29.5 Å². The highest BCUT2D eigenvalue weighted by atomic mass is 16.5. The first-order chi connectivity index (χ1) is 12.7. The van der Waals surface area contributed by atoms with Crippen LogP contribution in [0.2, 0.25) is 0 Å². The maximum Gasteiger partial charge on any atom is 0.251 e. The molecular formula is C21H26N2O3. The Morgan fingerprint density at radius 2 is 1.88 bits per heavy atom. The van der Waals surface area contributed by atoms with Crippen molar-refractivity contribution in [3.05, 3.63) is 59.2 Å². The number of ether oxygens (including phenoxy) is 2. The average molecular weight is 354 g/mol. The number of amides is 1. The maximum absolute atomic E-state index is 12.4. The number of piperidine rings is 1. The van der Waals surface area contributed by atoms with Crippen molar-refractivity contribution in [2.45, 2.75) is 25.3 Å². The SMILES string of the molecule is COc1ccc(CNC(=O)c2ccc([C@H]3CCCNC3)cc2)cc1OC. The Labute approximate surface area is 154 Å². The molecule has 0 aliphatic carbocycles. The molecule has 138 valence electrons. The smallest absolute Gasteiger partial charge is 0.251 e. The molecule has 0 unspecified atom stereocenters. The van der Waals surface area contributed by atoms with Crippen molar-refractivity contribution in [1.29, 1.82) is 0 Å². The molecule has 26 heavy (non-hydrogen) atoms. The number of rotatable bonds is 6. The lowest BCUT2D eigenvalue weighted by Gasteiger charge is -2.23. The summed E-state index contributed by atoms with van der Waals surface area (Å²) in [4.78, 5) is 12.4. The molecule has 2 N–H and O–H groups in total. The molecular weight excluding hydrogens is 328 g/mol. The third-order valence-corrected chi connectivity index (χ3v) is 4.84. The predicted molar refractivity (Wildman–Crippen MR) is 102 cm³/mol. The van der Waals surface area contributed by atoms with Gasteiger partial charge in [-0.2, -0.15) is 0 Å². The lowest BCUT2D eigenvalue weighted by molar-refractivity contribution is 0.0951. The van der Waals surface area contributed by atoms with Gasteiger partial charge < -0.3 is 20.1 Å². The molecule has 2 aromatic rings. The number of carbonyl (C=O) groups excluding carboxylic acids is 1. The first-order valence-electron chi connectivity index (χ1n) is 9.01. The van der Waals surface area contributed by atoms with Gasteiger partial charge in [-0.05, 0) is 60.7 Å². The fourth-order valence-corrected chi connectivity index (χ4v) is 3.32. The number of benzene rings is 2. The van der Waals surface area contributed by atoms with Crippen molar-refractivity contribution in [3.63, 3.8) is 0 Å². The number of methoxy groups -OCH3 is 2. The van der Waals surface area contributed by atoms with Crippen molar-refractivity contribution in [3.8, 4) is 11.5 Å². The standard InChI is InChI=1S/C21H26N2O3/c1-25-19-10-5-15(12-20(19)26-2)13-23-21(24)17-8-6-16(7-9-17)18-4-3-11-22-14-18/h5-10,12,18,22H,3-4,11,13-14H2,1-2H3,(H,23,24)/t18-/m0/s1. The topological polar surface area (TPSA) is 59.6 Å². The molecule has 5 nitrogen and oxygen atoms in total. The second kappa shape index (κ2) is 8.72. The molecule has 0 radical (unpaired) electrons. The van der Waals surface area contributed by atoms with Crippen LogP contribution in [0.5, 0.6) is 11.5 Å². The molecule has 2 aromatic carbocycles. The van der Waals surface area contributed by atoms with Gasteiger partial charge >= 0.3 is 0 Å². The van der Waals surface area contributed by atoms with Crippen LogP contribution in [0.15, 0.2) is 42.5 Å². The van der Waals surface area contributed by atoms with Crippen LogP contribution in [0.4, 0.5) is 0 Å². The minimum Gasteiger partial charge on any atom is -0.493 e. The Hall–Kier alpha value is -2.53. The summed E-state index contributed by atoms with van der Waals surface area (Å²) in [7, 11) is 3.20. The van der Waals surface area contributed by atoms with Gasteiger partial charge in [0.05, 0.1) is 14.2 Å². The number of nitrogens with one attached hydrogen (secondary N) is 2. The number of hydrogen-bond acceptors (Lipinski definition) is 4. The molecule has 0 spiro atoms. The van der Waals surface area contributed by atoms with E-state index < -0.39 is 0 Å². The van der Waals surface area contributed by atoms with Crippen LogP contribution < -0.4 is 20.1 Å². The van der Waals surface area contributed by atoms with E-state index in [1.807, 2.05) is 30.3 Å². The Morgan fingerprint density at radius 1 is 1.12 bits per heavy atom. The lowest BCUT2D eigenvalue weighted by atomic mass is 9.91. The molecule has 5 heteroatoms. The highest BCUT2D eigenvalue weighted by Gasteiger charge is 2.15. The van der Waals surface area contributed by atoms with Gasteiger partial charge in [0.1, 0.15) is 0 Å². The molecule has 0 saturated carbocycles. The largest absolute Gasteiger partial charge is 0.493 e. The van der Waals surface area contributed by atoms with E-state index in [-0.39, 0.29) is 5.91 Å². The van der Waals surface area contributed by atoms with Gasteiger partial charge in [-0.3, -0.25) is 4.79 Å². The number of hydrogen-bond donors (Lipinski definition) is 2. The molecule has 1 fully saturated rings.